The van der Waals surface area contributed by atoms with Crippen LogP contribution in [0.2, 0.25) is 0 Å². The summed E-state index contributed by atoms with van der Waals surface area (Å²) in [5, 5.41) is 3.88. The molecule has 0 aliphatic carbocycles. The standard InChI is InChI=1S/C13H16BrN3O2/c1-2-3-12-16-13(19-17-12)8-18-11-5-4-10(14)6-9(11)7-15/h4-6H,2-3,7-8,15H2,1H3. The summed E-state index contributed by atoms with van der Waals surface area (Å²) in [6.45, 7) is 2.74. The lowest BCUT2D eigenvalue weighted by atomic mass is 10.2. The summed E-state index contributed by atoms with van der Waals surface area (Å²) < 4.78 is 11.7. The molecular weight excluding hydrogens is 310 g/mol. The van der Waals surface area contributed by atoms with Crippen molar-refractivity contribution in [1.82, 2.24) is 10.1 Å². The Morgan fingerprint density at radius 1 is 1.42 bits per heavy atom. The highest BCUT2D eigenvalue weighted by Gasteiger charge is 2.08. The zero-order valence-corrected chi connectivity index (χ0v) is 12.3. The minimum Gasteiger partial charge on any atom is -0.483 e. The second kappa shape index (κ2) is 6.68. The topological polar surface area (TPSA) is 74.2 Å². The van der Waals surface area contributed by atoms with Gasteiger partial charge in [-0.05, 0) is 24.6 Å². The van der Waals surface area contributed by atoms with E-state index in [-0.39, 0.29) is 6.61 Å². The maximum Gasteiger partial charge on any atom is 0.264 e. The number of aromatic nitrogens is 2. The largest absolute Gasteiger partial charge is 0.483 e. The van der Waals surface area contributed by atoms with Crippen LogP contribution >= 0.6 is 15.9 Å². The third-order valence-corrected chi connectivity index (χ3v) is 3.07. The van der Waals surface area contributed by atoms with Gasteiger partial charge in [-0.25, -0.2) is 0 Å². The fourth-order valence-corrected chi connectivity index (χ4v) is 2.07. The maximum absolute atomic E-state index is 5.68. The molecule has 0 saturated heterocycles. The van der Waals surface area contributed by atoms with Crippen LogP contribution in [0.5, 0.6) is 5.75 Å². The number of aryl methyl sites for hydroxylation is 1. The molecule has 1 aromatic carbocycles. The zero-order valence-electron chi connectivity index (χ0n) is 10.7. The lowest BCUT2D eigenvalue weighted by Gasteiger charge is -2.08. The summed E-state index contributed by atoms with van der Waals surface area (Å²) in [5.74, 6) is 1.94. The van der Waals surface area contributed by atoms with Gasteiger partial charge in [0.15, 0.2) is 12.4 Å². The van der Waals surface area contributed by atoms with Crippen LogP contribution in [0.25, 0.3) is 0 Å². The molecule has 0 amide bonds. The monoisotopic (exact) mass is 325 g/mol. The normalized spacial score (nSPS) is 10.7. The maximum atomic E-state index is 5.68. The van der Waals surface area contributed by atoms with Crippen molar-refractivity contribution in [2.24, 2.45) is 5.73 Å². The first-order valence-electron chi connectivity index (χ1n) is 6.15. The van der Waals surface area contributed by atoms with E-state index in [0.717, 1.165) is 34.5 Å². The van der Waals surface area contributed by atoms with Crippen molar-refractivity contribution in [3.8, 4) is 5.75 Å². The first-order valence-corrected chi connectivity index (χ1v) is 6.95. The smallest absolute Gasteiger partial charge is 0.264 e. The Morgan fingerprint density at radius 3 is 3.00 bits per heavy atom. The summed E-state index contributed by atoms with van der Waals surface area (Å²) in [6, 6.07) is 5.71. The van der Waals surface area contributed by atoms with E-state index in [1.165, 1.54) is 0 Å². The van der Waals surface area contributed by atoms with Crippen LogP contribution in [-0.2, 0) is 19.6 Å². The van der Waals surface area contributed by atoms with Crippen molar-refractivity contribution in [3.05, 3.63) is 40.0 Å². The van der Waals surface area contributed by atoms with Crippen LogP contribution in [-0.4, -0.2) is 10.1 Å². The highest BCUT2D eigenvalue weighted by atomic mass is 79.9. The minimum absolute atomic E-state index is 0.255. The number of rotatable bonds is 6. The second-order valence-corrected chi connectivity index (χ2v) is 5.01. The Morgan fingerprint density at radius 2 is 2.26 bits per heavy atom. The molecule has 1 heterocycles. The van der Waals surface area contributed by atoms with E-state index in [1.54, 1.807) is 0 Å². The number of hydrogen-bond acceptors (Lipinski definition) is 5. The van der Waals surface area contributed by atoms with Gasteiger partial charge in [0, 0.05) is 23.0 Å². The van der Waals surface area contributed by atoms with Gasteiger partial charge in [0.25, 0.3) is 5.89 Å². The number of hydrogen-bond donors (Lipinski definition) is 1. The summed E-state index contributed by atoms with van der Waals surface area (Å²) in [5.41, 5.74) is 6.61. The van der Waals surface area contributed by atoms with Gasteiger partial charge in [-0.2, -0.15) is 4.98 Å². The van der Waals surface area contributed by atoms with Crippen LogP contribution in [0.4, 0.5) is 0 Å². The van der Waals surface area contributed by atoms with Crippen LogP contribution in [0.1, 0.15) is 30.6 Å². The van der Waals surface area contributed by atoms with E-state index in [0.29, 0.717) is 12.4 Å². The Kier molecular flexibility index (Phi) is 4.93. The van der Waals surface area contributed by atoms with Gasteiger partial charge >= 0.3 is 0 Å². The van der Waals surface area contributed by atoms with Crippen molar-refractivity contribution in [3.63, 3.8) is 0 Å². The Hall–Kier alpha value is -1.40. The Bertz CT molecular complexity index is 542. The van der Waals surface area contributed by atoms with E-state index in [1.807, 2.05) is 18.2 Å². The third-order valence-electron chi connectivity index (χ3n) is 2.58. The van der Waals surface area contributed by atoms with Gasteiger partial charge in [-0.3, -0.25) is 0 Å². The molecule has 2 N–H and O–H groups in total. The Balaban J connectivity index is 2.01. The van der Waals surface area contributed by atoms with Crippen molar-refractivity contribution in [1.29, 1.82) is 0 Å². The molecule has 19 heavy (non-hydrogen) atoms. The summed E-state index contributed by atoms with van der Waals surface area (Å²) in [4.78, 5) is 4.24. The van der Waals surface area contributed by atoms with Crippen molar-refractivity contribution in [2.75, 3.05) is 0 Å². The average molecular weight is 326 g/mol. The molecular formula is C13H16BrN3O2. The number of nitrogens with zero attached hydrogens (tertiary/aromatic N) is 2. The fraction of sp³-hybridized carbons (Fsp3) is 0.385. The van der Waals surface area contributed by atoms with Crippen LogP contribution in [0.15, 0.2) is 27.2 Å². The molecule has 0 unspecified atom stereocenters. The number of nitrogens with two attached hydrogens (primary N) is 1. The van der Waals surface area contributed by atoms with Crippen LogP contribution < -0.4 is 10.5 Å². The predicted molar refractivity (Wildman–Crippen MR) is 74.7 cm³/mol. The fourth-order valence-electron chi connectivity index (χ4n) is 1.66. The molecule has 6 heteroatoms. The molecule has 0 atom stereocenters. The number of ether oxygens (including phenoxy) is 1. The molecule has 102 valence electrons. The third kappa shape index (κ3) is 3.78. The van der Waals surface area contributed by atoms with Crippen molar-refractivity contribution < 1.29 is 9.26 Å². The average Bonchev–Trinajstić information content (AvgIpc) is 2.85. The molecule has 0 aliphatic heterocycles. The van der Waals surface area contributed by atoms with E-state index < -0.39 is 0 Å². The molecule has 0 bridgehead atoms. The van der Waals surface area contributed by atoms with E-state index in [4.69, 9.17) is 15.0 Å². The second-order valence-electron chi connectivity index (χ2n) is 4.10. The quantitative estimate of drug-likeness (QED) is 0.883. The molecule has 0 radical (unpaired) electrons. The van der Waals surface area contributed by atoms with Crippen molar-refractivity contribution >= 4 is 15.9 Å². The van der Waals surface area contributed by atoms with Gasteiger partial charge in [0.1, 0.15) is 5.75 Å². The van der Waals surface area contributed by atoms with E-state index in [2.05, 4.69) is 33.0 Å². The molecule has 0 saturated carbocycles. The molecule has 2 aromatic rings. The highest BCUT2D eigenvalue weighted by molar-refractivity contribution is 9.10. The van der Waals surface area contributed by atoms with Gasteiger partial charge in [0.05, 0.1) is 0 Å². The zero-order chi connectivity index (χ0) is 13.7. The lowest BCUT2D eigenvalue weighted by Crippen LogP contribution is -2.03. The summed E-state index contributed by atoms with van der Waals surface area (Å²) in [7, 11) is 0. The molecule has 0 spiro atoms. The minimum atomic E-state index is 0.255. The van der Waals surface area contributed by atoms with E-state index in [9.17, 15) is 0 Å². The SMILES string of the molecule is CCCc1noc(COc2ccc(Br)cc2CN)n1. The summed E-state index contributed by atoms with van der Waals surface area (Å²) >= 11 is 3.40. The van der Waals surface area contributed by atoms with Gasteiger partial charge in [-0.1, -0.05) is 28.0 Å². The molecule has 0 aliphatic rings. The van der Waals surface area contributed by atoms with Gasteiger partial charge in [0.2, 0.25) is 0 Å². The molecule has 0 fully saturated rings. The highest BCUT2D eigenvalue weighted by Crippen LogP contribution is 2.23. The number of halogens is 1. The van der Waals surface area contributed by atoms with Crippen molar-refractivity contribution in [2.45, 2.75) is 32.9 Å². The van der Waals surface area contributed by atoms with Crippen LogP contribution in [0.3, 0.4) is 0 Å². The molecule has 2 rings (SSSR count). The lowest BCUT2D eigenvalue weighted by molar-refractivity contribution is 0.240. The van der Waals surface area contributed by atoms with Crippen LogP contribution in [0, 0.1) is 0 Å². The predicted octanol–water partition coefficient (Wildman–Crippen LogP) is 2.82. The number of benzene rings is 1. The first-order chi connectivity index (χ1) is 9.22. The molecule has 1 aromatic heterocycles. The Labute approximate surface area is 120 Å². The molecule has 5 nitrogen and oxygen atoms in total. The summed E-state index contributed by atoms with van der Waals surface area (Å²) in [6.07, 6.45) is 1.81. The van der Waals surface area contributed by atoms with Gasteiger partial charge < -0.3 is 15.0 Å². The van der Waals surface area contributed by atoms with E-state index >= 15 is 0 Å². The van der Waals surface area contributed by atoms with Gasteiger partial charge in [-0.15, -0.1) is 0 Å². The first kappa shape index (κ1) is 14.0.